The lowest BCUT2D eigenvalue weighted by Gasteiger charge is -2.10. The predicted molar refractivity (Wildman–Crippen MR) is 78.6 cm³/mol. The Labute approximate surface area is 123 Å². The Morgan fingerprint density at radius 3 is 2.61 bits per heavy atom. The van der Waals surface area contributed by atoms with Crippen LogP contribution in [0.25, 0.3) is 0 Å². The van der Waals surface area contributed by atoms with Gasteiger partial charge in [-0.15, -0.1) is 0 Å². The quantitative estimate of drug-likeness (QED) is 0.796. The SMILES string of the molecule is N#Cc1cc(Br)ccc1Nc1cccc(Cl)c1Cl. The van der Waals surface area contributed by atoms with Crippen molar-refractivity contribution in [3.05, 3.63) is 56.5 Å². The molecule has 0 aliphatic carbocycles. The third-order valence-corrected chi connectivity index (χ3v) is 3.64. The van der Waals surface area contributed by atoms with Crippen LogP contribution in [0, 0.1) is 11.3 Å². The number of anilines is 2. The van der Waals surface area contributed by atoms with Gasteiger partial charge in [0.1, 0.15) is 6.07 Å². The number of nitrogens with one attached hydrogen (secondary N) is 1. The van der Waals surface area contributed by atoms with E-state index in [9.17, 15) is 0 Å². The summed E-state index contributed by atoms with van der Waals surface area (Å²) < 4.78 is 0.849. The molecule has 2 aromatic rings. The molecule has 0 fully saturated rings. The number of benzene rings is 2. The van der Waals surface area contributed by atoms with E-state index in [-0.39, 0.29) is 0 Å². The molecule has 0 radical (unpaired) electrons. The molecule has 0 aliphatic rings. The van der Waals surface area contributed by atoms with Crippen molar-refractivity contribution in [3.8, 4) is 6.07 Å². The Hall–Kier alpha value is -1.21. The maximum absolute atomic E-state index is 9.07. The highest BCUT2D eigenvalue weighted by Crippen LogP contribution is 2.33. The van der Waals surface area contributed by atoms with Gasteiger partial charge in [0.25, 0.3) is 0 Å². The molecule has 0 saturated carbocycles. The second kappa shape index (κ2) is 5.62. The maximum atomic E-state index is 9.07. The number of halogens is 3. The normalized spacial score (nSPS) is 9.89. The van der Waals surface area contributed by atoms with Crippen LogP contribution in [0.3, 0.4) is 0 Å². The molecule has 18 heavy (non-hydrogen) atoms. The third kappa shape index (κ3) is 2.78. The van der Waals surface area contributed by atoms with Gasteiger partial charge in [-0.3, -0.25) is 0 Å². The van der Waals surface area contributed by atoms with E-state index in [0.29, 0.717) is 27.0 Å². The van der Waals surface area contributed by atoms with E-state index in [1.165, 1.54) is 0 Å². The number of nitrogens with zero attached hydrogens (tertiary/aromatic N) is 1. The molecule has 0 bridgehead atoms. The Bertz CT molecular complexity index is 635. The zero-order chi connectivity index (χ0) is 13.1. The predicted octanol–water partition coefficient (Wildman–Crippen LogP) is 5.37. The molecule has 0 aromatic heterocycles. The Morgan fingerprint density at radius 1 is 1.11 bits per heavy atom. The second-order valence-electron chi connectivity index (χ2n) is 3.53. The molecule has 5 heteroatoms. The highest BCUT2D eigenvalue weighted by molar-refractivity contribution is 9.10. The van der Waals surface area contributed by atoms with Gasteiger partial charge in [0, 0.05) is 4.47 Å². The lowest BCUT2D eigenvalue weighted by Crippen LogP contribution is -1.94. The lowest BCUT2D eigenvalue weighted by atomic mass is 10.2. The van der Waals surface area contributed by atoms with Crippen LogP contribution in [0.5, 0.6) is 0 Å². The molecule has 0 spiro atoms. The van der Waals surface area contributed by atoms with Crippen LogP contribution in [0.4, 0.5) is 11.4 Å². The molecule has 1 N–H and O–H groups in total. The van der Waals surface area contributed by atoms with E-state index in [1.807, 2.05) is 6.07 Å². The zero-order valence-electron chi connectivity index (χ0n) is 9.05. The van der Waals surface area contributed by atoms with Crippen LogP contribution in [0.2, 0.25) is 10.0 Å². The first-order valence-corrected chi connectivity index (χ1v) is 6.57. The number of hydrogen-bond donors (Lipinski definition) is 1. The minimum atomic E-state index is 0.436. The summed E-state index contributed by atoms with van der Waals surface area (Å²) in [5.74, 6) is 0. The molecule has 0 atom stereocenters. The van der Waals surface area contributed by atoms with E-state index in [2.05, 4.69) is 27.3 Å². The topological polar surface area (TPSA) is 35.8 Å². The van der Waals surface area contributed by atoms with Gasteiger partial charge in [0.05, 0.1) is 27.0 Å². The van der Waals surface area contributed by atoms with Crippen LogP contribution in [0.15, 0.2) is 40.9 Å². The summed E-state index contributed by atoms with van der Waals surface area (Å²) in [6.07, 6.45) is 0. The zero-order valence-corrected chi connectivity index (χ0v) is 12.1. The molecule has 2 aromatic carbocycles. The van der Waals surface area contributed by atoms with Gasteiger partial charge in [-0.25, -0.2) is 0 Å². The van der Waals surface area contributed by atoms with E-state index in [1.54, 1.807) is 30.3 Å². The number of nitriles is 1. The van der Waals surface area contributed by atoms with Gasteiger partial charge in [0.2, 0.25) is 0 Å². The third-order valence-electron chi connectivity index (χ3n) is 2.32. The van der Waals surface area contributed by atoms with Crippen LogP contribution in [0.1, 0.15) is 5.56 Å². The maximum Gasteiger partial charge on any atom is 0.101 e. The first-order valence-electron chi connectivity index (χ1n) is 5.02. The first-order chi connectivity index (χ1) is 8.61. The lowest BCUT2D eigenvalue weighted by molar-refractivity contribution is 1.45. The van der Waals surface area contributed by atoms with E-state index in [4.69, 9.17) is 28.5 Å². The average molecular weight is 342 g/mol. The number of hydrogen-bond acceptors (Lipinski definition) is 2. The molecule has 2 nitrogen and oxygen atoms in total. The fraction of sp³-hybridized carbons (Fsp3) is 0. The molecule has 90 valence electrons. The summed E-state index contributed by atoms with van der Waals surface area (Å²) >= 11 is 15.3. The molecule has 0 saturated heterocycles. The van der Waals surface area contributed by atoms with E-state index < -0.39 is 0 Å². The molecule has 0 unspecified atom stereocenters. The minimum absolute atomic E-state index is 0.436. The number of rotatable bonds is 2. The molecular weight excluding hydrogens is 335 g/mol. The van der Waals surface area contributed by atoms with Crippen molar-refractivity contribution in [1.29, 1.82) is 5.26 Å². The fourth-order valence-electron chi connectivity index (χ4n) is 1.46. The summed E-state index contributed by atoms with van der Waals surface area (Å²) in [7, 11) is 0. The van der Waals surface area contributed by atoms with Crippen molar-refractivity contribution in [2.75, 3.05) is 5.32 Å². The van der Waals surface area contributed by atoms with Crippen molar-refractivity contribution < 1.29 is 0 Å². The monoisotopic (exact) mass is 340 g/mol. The Kier molecular flexibility index (Phi) is 4.13. The minimum Gasteiger partial charge on any atom is -0.353 e. The Morgan fingerprint density at radius 2 is 1.89 bits per heavy atom. The van der Waals surface area contributed by atoms with Crippen molar-refractivity contribution in [2.24, 2.45) is 0 Å². The van der Waals surface area contributed by atoms with Gasteiger partial charge in [-0.1, -0.05) is 45.2 Å². The molecule has 0 heterocycles. The molecule has 0 aliphatic heterocycles. The summed E-state index contributed by atoms with van der Waals surface area (Å²) in [6.45, 7) is 0. The summed E-state index contributed by atoms with van der Waals surface area (Å²) in [5.41, 5.74) is 1.88. The van der Waals surface area contributed by atoms with Crippen LogP contribution >= 0.6 is 39.1 Å². The summed E-state index contributed by atoms with van der Waals surface area (Å²) in [6, 6.07) is 12.8. The van der Waals surface area contributed by atoms with Gasteiger partial charge in [0.15, 0.2) is 0 Å². The Balaban J connectivity index is 2.41. The van der Waals surface area contributed by atoms with Crippen molar-refractivity contribution in [2.45, 2.75) is 0 Å². The van der Waals surface area contributed by atoms with Gasteiger partial charge >= 0.3 is 0 Å². The highest BCUT2D eigenvalue weighted by Gasteiger charge is 2.07. The van der Waals surface area contributed by atoms with Gasteiger partial charge < -0.3 is 5.32 Å². The smallest absolute Gasteiger partial charge is 0.101 e. The fourth-order valence-corrected chi connectivity index (χ4v) is 2.17. The van der Waals surface area contributed by atoms with Crippen LogP contribution in [-0.4, -0.2) is 0 Å². The van der Waals surface area contributed by atoms with Crippen molar-refractivity contribution >= 4 is 50.5 Å². The molecule has 2 rings (SSSR count). The second-order valence-corrected chi connectivity index (χ2v) is 5.23. The average Bonchev–Trinajstić information content (AvgIpc) is 2.37. The van der Waals surface area contributed by atoms with Crippen LogP contribution < -0.4 is 5.32 Å². The molecular formula is C13H7BrCl2N2. The van der Waals surface area contributed by atoms with E-state index in [0.717, 1.165) is 4.47 Å². The summed E-state index contributed by atoms with van der Waals surface area (Å²) in [4.78, 5) is 0. The van der Waals surface area contributed by atoms with E-state index >= 15 is 0 Å². The highest BCUT2D eigenvalue weighted by atomic mass is 79.9. The van der Waals surface area contributed by atoms with Crippen LogP contribution in [-0.2, 0) is 0 Å². The van der Waals surface area contributed by atoms with Crippen molar-refractivity contribution in [3.63, 3.8) is 0 Å². The van der Waals surface area contributed by atoms with Gasteiger partial charge in [-0.05, 0) is 30.3 Å². The first kappa shape index (κ1) is 13.2. The summed E-state index contributed by atoms with van der Waals surface area (Å²) in [5, 5.41) is 13.1. The van der Waals surface area contributed by atoms with Gasteiger partial charge in [-0.2, -0.15) is 5.26 Å². The molecule has 0 amide bonds. The largest absolute Gasteiger partial charge is 0.353 e. The standard InChI is InChI=1S/C13H7BrCl2N2/c14-9-4-5-11(8(6-9)7-17)18-12-3-1-2-10(15)13(12)16/h1-6,18H. The van der Waals surface area contributed by atoms with Crippen molar-refractivity contribution in [1.82, 2.24) is 0 Å².